The number of halogens is 1. The maximum Gasteiger partial charge on any atom is 0.329 e. The monoisotopic (exact) mass is 409 g/mol. The van der Waals surface area contributed by atoms with Crippen molar-refractivity contribution in [1.82, 2.24) is 10.2 Å². The van der Waals surface area contributed by atoms with Gasteiger partial charge < -0.3 is 15.3 Å². The summed E-state index contributed by atoms with van der Waals surface area (Å²) >= 11 is 0. The number of hydrogen-bond donors (Lipinski definition) is 2. The van der Waals surface area contributed by atoms with E-state index in [0.717, 1.165) is 57.7 Å². The Bertz CT molecular complexity index is 651. The van der Waals surface area contributed by atoms with Crippen LogP contribution in [0.3, 0.4) is 0 Å². The van der Waals surface area contributed by atoms with E-state index in [1.807, 2.05) is 24.3 Å². The second kappa shape index (κ2) is 10.1. The molecule has 0 atom stereocenters. The first kappa shape index (κ1) is 22.5. The second-order valence-electron chi connectivity index (χ2n) is 7.78. The molecular formula is C21H32ClN3O3. The fourth-order valence-corrected chi connectivity index (χ4v) is 4.21. The molecule has 0 spiro atoms. The van der Waals surface area contributed by atoms with E-state index in [1.54, 1.807) is 0 Å². The highest BCUT2D eigenvalue weighted by Gasteiger charge is 2.41. The molecule has 3 rings (SSSR count). The molecule has 2 N–H and O–H groups in total. The van der Waals surface area contributed by atoms with Crippen LogP contribution in [-0.2, 0) is 4.79 Å². The van der Waals surface area contributed by atoms with Gasteiger partial charge in [0.25, 0.3) is 5.91 Å². The molecule has 156 valence electrons. The van der Waals surface area contributed by atoms with E-state index < -0.39 is 11.5 Å². The van der Waals surface area contributed by atoms with E-state index in [4.69, 9.17) is 0 Å². The van der Waals surface area contributed by atoms with Gasteiger partial charge in [-0.25, -0.2) is 4.79 Å². The Hall–Kier alpha value is -1.79. The lowest BCUT2D eigenvalue weighted by atomic mass is 9.81. The van der Waals surface area contributed by atoms with Crippen molar-refractivity contribution >= 4 is 30.0 Å². The summed E-state index contributed by atoms with van der Waals surface area (Å²) in [6.07, 6.45) is 4.92. The number of piperazine rings is 1. The number of amides is 1. The minimum absolute atomic E-state index is 0. The Balaban J connectivity index is 0.00000280. The highest BCUT2D eigenvalue weighted by atomic mass is 35.5. The molecule has 1 aromatic carbocycles. The number of rotatable bonds is 6. The number of carbonyl (C=O) groups excluding carboxylic acids is 1. The number of aliphatic carboxylic acids is 1. The van der Waals surface area contributed by atoms with Crippen molar-refractivity contribution in [3.8, 4) is 0 Å². The van der Waals surface area contributed by atoms with Crippen LogP contribution in [-0.4, -0.2) is 60.1 Å². The van der Waals surface area contributed by atoms with Crippen molar-refractivity contribution in [1.29, 1.82) is 0 Å². The number of carboxylic acid groups (broad SMARTS) is 1. The average Bonchev–Trinajstić information content (AvgIpc) is 2.69. The Morgan fingerprint density at radius 3 is 2.18 bits per heavy atom. The summed E-state index contributed by atoms with van der Waals surface area (Å²) in [7, 11) is 0. The van der Waals surface area contributed by atoms with Crippen molar-refractivity contribution in [3.05, 3.63) is 29.8 Å². The van der Waals surface area contributed by atoms with Gasteiger partial charge in [0.1, 0.15) is 5.54 Å². The predicted octanol–water partition coefficient (Wildman–Crippen LogP) is 3.16. The molecule has 1 saturated heterocycles. The van der Waals surface area contributed by atoms with E-state index in [1.165, 1.54) is 6.42 Å². The number of nitrogens with zero attached hydrogens (tertiary/aromatic N) is 2. The third kappa shape index (κ3) is 5.17. The first-order valence-electron chi connectivity index (χ1n) is 10.2. The van der Waals surface area contributed by atoms with Crippen LogP contribution in [0.15, 0.2) is 24.3 Å². The van der Waals surface area contributed by atoms with Gasteiger partial charge in [-0.05, 0) is 50.1 Å². The summed E-state index contributed by atoms with van der Waals surface area (Å²) in [5.41, 5.74) is 0.534. The summed E-state index contributed by atoms with van der Waals surface area (Å²) < 4.78 is 0. The zero-order valence-corrected chi connectivity index (χ0v) is 17.5. The molecule has 0 unspecified atom stereocenters. The zero-order chi connectivity index (χ0) is 19.3. The molecule has 1 saturated carbocycles. The molecule has 6 nitrogen and oxygen atoms in total. The summed E-state index contributed by atoms with van der Waals surface area (Å²) in [4.78, 5) is 29.2. The van der Waals surface area contributed by atoms with Gasteiger partial charge >= 0.3 is 5.97 Å². The van der Waals surface area contributed by atoms with Gasteiger partial charge in [-0.1, -0.05) is 26.2 Å². The molecule has 1 heterocycles. The molecular weight excluding hydrogens is 378 g/mol. The minimum atomic E-state index is -1.11. The maximum atomic E-state index is 12.6. The maximum absolute atomic E-state index is 12.6. The number of hydrogen-bond acceptors (Lipinski definition) is 4. The number of benzene rings is 1. The van der Waals surface area contributed by atoms with E-state index in [2.05, 4.69) is 22.0 Å². The number of nitrogens with one attached hydrogen (secondary N) is 1. The first-order chi connectivity index (χ1) is 13.0. The Morgan fingerprint density at radius 2 is 1.64 bits per heavy atom. The van der Waals surface area contributed by atoms with Crippen LogP contribution in [0.2, 0.25) is 0 Å². The van der Waals surface area contributed by atoms with Crippen molar-refractivity contribution in [2.75, 3.05) is 37.6 Å². The van der Waals surface area contributed by atoms with Crippen LogP contribution in [0.1, 0.15) is 55.8 Å². The average molecular weight is 410 g/mol. The largest absolute Gasteiger partial charge is 0.480 e. The molecule has 0 aromatic heterocycles. The molecule has 1 aliphatic carbocycles. The van der Waals surface area contributed by atoms with Gasteiger partial charge in [0.15, 0.2) is 0 Å². The zero-order valence-electron chi connectivity index (χ0n) is 16.7. The van der Waals surface area contributed by atoms with E-state index >= 15 is 0 Å². The van der Waals surface area contributed by atoms with E-state index in [-0.39, 0.29) is 18.3 Å². The smallest absolute Gasteiger partial charge is 0.329 e. The molecule has 2 aliphatic rings. The fraction of sp³-hybridized carbons (Fsp3) is 0.619. The summed E-state index contributed by atoms with van der Waals surface area (Å²) in [6.45, 7) is 7.48. The van der Waals surface area contributed by atoms with Gasteiger partial charge in [-0.2, -0.15) is 0 Å². The third-order valence-electron chi connectivity index (χ3n) is 5.88. The van der Waals surface area contributed by atoms with Crippen molar-refractivity contribution in [2.45, 2.75) is 51.0 Å². The highest BCUT2D eigenvalue weighted by molar-refractivity contribution is 5.98. The quantitative estimate of drug-likeness (QED) is 0.755. The molecule has 7 heteroatoms. The van der Waals surface area contributed by atoms with Crippen molar-refractivity contribution in [3.63, 3.8) is 0 Å². The van der Waals surface area contributed by atoms with Crippen LogP contribution in [0.5, 0.6) is 0 Å². The Kier molecular flexibility index (Phi) is 8.13. The number of anilines is 1. The van der Waals surface area contributed by atoms with Crippen molar-refractivity contribution < 1.29 is 14.7 Å². The lowest BCUT2D eigenvalue weighted by Crippen LogP contribution is -2.55. The summed E-state index contributed by atoms with van der Waals surface area (Å²) in [5, 5.41) is 12.4. The summed E-state index contributed by atoms with van der Waals surface area (Å²) in [6, 6.07) is 7.56. The lowest BCUT2D eigenvalue weighted by Gasteiger charge is -2.36. The number of carboxylic acids is 1. The highest BCUT2D eigenvalue weighted by Crippen LogP contribution is 2.29. The van der Waals surface area contributed by atoms with Gasteiger partial charge in [0, 0.05) is 37.4 Å². The minimum Gasteiger partial charge on any atom is -0.480 e. The SMILES string of the molecule is CCCN1CCN(c2ccc(C(=O)NC3(C(=O)O)CCCCC3)cc2)CC1.Cl. The molecule has 0 bridgehead atoms. The van der Waals surface area contributed by atoms with Gasteiger partial charge in [-0.15, -0.1) is 12.4 Å². The molecule has 1 amide bonds. The van der Waals surface area contributed by atoms with Crippen LogP contribution >= 0.6 is 12.4 Å². The topological polar surface area (TPSA) is 72.9 Å². The third-order valence-corrected chi connectivity index (χ3v) is 5.88. The molecule has 2 fully saturated rings. The van der Waals surface area contributed by atoms with Crippen LogP contribution < -0.4 is 10.2 Å². The normalized spacial score (nSPS) is 19.5. The van der Waals surface area contributed by atoms with Gasteiger partial charge in [0.2, 0.25) is 0 Å². The van der Waals surface area contributed by atoms with Gasteiger partial charge in [0.05, 0.1) is 0 Å². The lowest BCUT2D eigenvalue weighted by molar-refractivity contribution is -0.145. The fourth-order valence-electron chi connectivity index (χ4n) is 4.21. The van der Waals surface area contributed by atoms with E-state index in [9.17, 15) is 14.7 Å². The van der Waals surface area contributed by atoms with Gasteiger partial charge in [-0.3, -0.25) is 9.69 Å². The van der Waals surface area contributed by atoms with E-state index in [0.29, 0.717) is 18.4 Å². The Morgan fingerprint density at radius 1 is 1.04 bits per heavy atom. The molecule has 1 aromatic rings. The second-order valence-corrected chi connectivity index (χ2v) is 7.78. The summed E-state index contributed by atoms with van der Waals surface area (Å²) in [5.74, 6) is -1.21. The molecule has 28 heavy (non-hydrogen) atoms. The Labute approximate surface area is 173 Å². The molecule has 1 aliphatic heterocycles. The first-order valence-corrected chi connectivity index (χ1v) is 10.2. The standard InChI is InChI=1S/C21H31N3O3.ClH/c1-2-12-23-13-15-24(16-14-23)18-8-6-17(7-9-18)19(25)22-21(20(26)27)10-4-3-5-11-21;/h6-9H,2-5,10-16H2,1H3,(H,22,25)(H,26,27);1H. The predicted molar refractivity (Wildman–Crippen MR) is 114 cm³/mol. The van der Waals surface area contributed by atoms with Crippen molar-refractivity contribution in [2.24, 2.45) is 0 Å². The van der Waals surface area contributed by atoms with Crippen LogP contribution in [0.25, 0.3) is 0 Å². The van der Waals surface area contributed by atoms with Crippen LogP contribution in [0.4, 0.5) is 5.69 Å². The van der Waals surface area contributed by atoms with Crippen LogP contribution in [0, 0.1) is 0 Å². The number of carbonyl (C=O) groups is 2. The molecule has 0 radical (unpaired) electrons.